The van der Waals surface area contributed by atoms with Crippen molar-refractivity contribution in [2.45, 2.75) is 25.7 Å². The first-order valence-electron chi connectivity index (χ1n) is 5.72. The molecule has 0 aliphatic rings. The Morgan fingerprint density at radius 2 is 2.39 bits per heavy atom. The number of nitrogens with zero attached hydrogens (tertiary/aromatic N) is 2. The zero-order valence-corrected chi connectivity index (χ0v) is 11.1. The van der Waals surface area contributed by atoms with Gasteiger partial charge in [-0.05, 0) is 18.1 Å². The molecule has 18 heavy (non-hydrogen) atoms. The lowest BCUT2D eigenvalue weighted by molar-refractivity contribution is -0.404. The van der Waals surface area contributed by atoms with E-state index in [1.165, 1.54) is 0 Å². The van der Waals surface area contributed by atoms with E-state index in [9.17, 15) is 10.1 Å². The van der Waals surface area contributed by atoms with Crippen LogP contribution in [-0.2, 0) is 0 Å². The van der Waals surface area contributed by atoms with Gasteiger partial charge in [0, 0.05) is 19.2 Å². The normalized spacial score (nSPS) is 13.2. The molecule has 0 spiro atoms. The van der Waals surface area contributed by atoms with E-state index < -0.39 is 4.92 Å². The Labute approximate surface area is 111 Å². The molecule has 1 heterocycles. The fourth-order valence-corrected chi connectivity index (χ4v) is 1.94. The van der Waals surface area contributed by atoms with E-state index in [0.717, 1.165) is 24.6 Å². The van der Waals surface area contributed by atoms with E-state index in [2.05, 4.69) is 10.3 Å². The van der Waals surface area contributed by atoms with Crippen LogP contribution in [0.15, 0.2) is 30.2 Å². The maximum absolute atomic E-state index is 10.6. The van der Waals surface area contributed by atoms with Crippen molar-refractivity contribution >= 4 is 11.6 Å². The van der Waals surface area contributed by atoms with Crippen molar-refractivity contribution in [3.05, 3.63) is 51.1 Å². The summed E-state index contributed by atoms with van der Waals surface area (Å²) in [6, 6.07) is 3.54. The number of hydrogen-bond acceptors (Lipinski definition) is 4. The third-order valence-corrected chi connectivity index (χ3v) is 2.86. The minimum absolute atomic E-state index is 0.0600. The first-order chi connectivity index (χ1) is 8.58. The molecule has 0 aliphatic carbocycles. The third kappa shape index (κ3) is 4.00. The summed E-state index contributed by atoms with van der Waals surface area (Å²) in [5.41, 5.74) is 1.50. The maximum atomic E-state index is 10.6. The van der Waals surface area contributed by atoms with Gasteiger partial charge in [0.1, 0.15) is 5.15 Å². The first kappa shape index (κ1) is 14.4. The summed E-state index contributed by atoms with van der Waals surface area (Å²) in [5, 5.41) is 13.9. The van der Waals surface area contributed by atoms with Crippen LogP contribution in [0.5, 0.6) is 0 Å². The quantitative estimate of drug-likeness (QED) is 0.490. The fraction of sp³-hybridized carbons (Fsp3) is 0.417. The highest BCUT2D eigenvalue weighted by Gasteiger charge is 2.18. The molecule has 0 aliphatic heterocycles. The van der Waals surface area contributed by atoms with Gasteiger partial charge >= 0.3 is 0 Å². The maximum Gasteiger partial charge on any atom is 0.253 e. The molecule has 0 radical (unpaired) electrons. The molecule has 5 nitrogen and oxygen atoms in total. The molecule has 1 rings (SSSR count). The average Bonchev–Trinajstić information content (AvgIpc) is 2.34. The number of pyridine rings is 1. The highest BCUT2D eigenvalue weighted by molar-refractivity contribution is 6.29. The molecule has 1 aromatic rings. The summed E-state index contributed by atoms with van der Waals surface area (Å²) < 4.78 is 0. The number of nitrogens with one attached hydrogen (secondary N) is 1. The molecule has 0 aromatic carbocycles. The number of aromatic nitrogens is 1. The Bertz CT molecular complexity index is 431. The highest BCUT2D eigenvalue weighted by Crippen LogP contribution is 2.27. The van der Waals surface area contributed by atoms with E-state index in [1.807, 2.05) is 13.0 Å². The van der Waals surface area contributed by atoms with Crippen molar-refractivity contribution in [3.8, 4) is 0 Å². The molecule has 1 N–H and O–H groups in total. The number of likely N-dealkylation sites (N-methyl/N-ethyl adjacent to an activating group) is 1. The molecule has 0 fully saturated rings. The number of allylic oxidation sites excluding steroid dienone is 1. The monoisotopic (exact) mass is 269 g/mol. The van der Waals surface area contributed by atoms with Crippen molar-refractivity contribution in [3.63, 3.8) is 0 Å². The Kier molecular flexibility index (Phi) is 5.58. The van der Waals surface area contributed by atoms with E-state index in [0.29, 0.717) is 10.9 Å². The van der Waals surface area contributed by atoms with Gasteiger partial charge in [-0.2, -0.15) is 0 Å². The van der Waals surface area contributed by atoms with Crippen LogP contribution >= 0.6 is 11.6 Å². The van der Waals surface area contributed by atoms with Crippen LogP contribution in [0.4, 0.5) is 0 Å². The largest absolute Gasteiger partial charge is 0.386 e. The molecular formula is C12H16ClN3O2. The number of hydrogen-bond donors (Lipinski definition) is 1. The summed E-state index contributed by atoms with van der Waals surface area (Å²) >= 11 is 5.74. The molecule has 0 saturated heterocycles. The van der Waals surface area contributed by atoms with Crippen molar-refractivity contribution in [1.29, 1.82) is 0 Å². The summed E-state index contributed by atoms with van der Waals surface area (Å²) in [5.74, 6) is -0.0600. The van der Waals surface area contributed by atoms with Crippen molar-refractivity contribution in [1.82, 2.24) is 10.3 Å². The molecular weight excluding hydrogens is 254 g/mol. The second-order valence-electron chi connectivity index (χ2n) is 3.88. The molecule has 6 heteroatoms. The molecule has 1 unspecified atom stereocenters. The molecule has 0 amide bonds. The average molecular weight is 270 g/mol. The Balaban J connectivity index is 3.07. The van der Waals surface area contributed by atoms with Gasteiger partial charge in [-0.15, -0.1) is 0 Å². The van der Waals surface area contributed by atoms with E-state index >= 15 is 0 Å². The Hall–Kier alpha value is -1.62. The standard InChI is InChI=1S/C12H16ClN3O2/c1-3-4-10(11(14-2)8-16(17)18)9-5-6-12(13)15-7-9/h5-8,10,14H,3-4H2,1-2H3. The summed E-state index contributed by atoms with van der Waals surface area (Å²) in [7, 11) is 1.68. The summed E-state index contributed by atoms with van der Waals surface area (Å²) in [6.45, 7) is 2.04. The second kappa shape index (κ2) is 6.96. The van der Waals surface area contributed by atoms with Gasteiger partial charge in [0.15, 0.2) is 0 Å². The van der Waals surface area contributed by atoms with Crippen molar-refractivity contribution in [2.75, 3.05) is 7.05 Å². The van der Waals surface area contributed by atoms with Gasteiger partial charge in [0.05, 0.1) is 10.6 Å². The van der Waals surface area contributed by atoms with Crippen LogP contribution < -0.4 is 5.32 Å². The second-order valence-corrected chi connectivity index (χ2v) is 4.26. The topological polar surface area (TPSA) is 68.1 Å². The lowest BCUT2D eigenvalue weighted by Crippen LogP contribution is -2.16. The van der Waals surface area contributed by atoms with Crippen LogP contribution in [0.1, 0.15) is 31.2 Å². The predicted molar refractivity (Wildman–Crippen MR) is 71.0 cm³/mol. The van der Waals surface area contributed by atoms with Gasteiger partial charge in [0.2, 0.25) is 0 Å². The van der Waals surface area contributed by atoms with Crippen LogP contribution in [0, 0.1) is 10.1 Å². The Morgan fingerprint density at radius 3 is 2.83 bits per heavy atom. The minimum atomic E-state index is -0.447. The van der Waals surface area contributed by atoms with E-state index in [-0.39, 0.29) is 5.92 Å². The number of nitro groups is 1. The fourth-order valence-electron chi connectivity index (χ4n) is 1.83. The van der Waals surface area contributed by atoms with Gasteiger partial charge in [-0.25, -0.2) is 4.98 Å². The van der Waals surface area contributed by atoms with Crippen molar-refractivity contribution < 1.29 is 4.92 Å². The van der Waals surface area contributed by atoms with Crippen LogP contribution in [0.2, 0.25) is 5.15 Å². The highest BCUT2D eigenvalue weighted by atomic mass is 35.5. The van der Waals surface area contributed by atoms with E-state index in [4.69, 9.17) is 11.6 Å². The molecule has 98 valence electrons. The molecule has 0 saturated carbocycles. The predicted octanol–water partition coefficient (Wildman–Crippen LogP) is 2.96. The van der Waals surface area contributed by atoms with E-state index in [1.54, 1.807) is 19.3 Å². The van der Waals surface area contributed by atoms with Crippen LogP contribution in [0.25, 0.3) is 0 Å². The van der Waals surface area contributed by atoms with Crippen molar-refractivity contribution in [2.24, 2.45) is 0 Å². The molecule has 1 aromatic heterocycles. The zero-order valence-electron chi connectivity index (χ0n) is 10.4. The first-order valence-corrected chi connectivity index (χ1v) is 6.10. The SMILES string of the molecule is CCCC(C(=C[N+](=O)[O-])NC)c1ccc(Cl)nc1. The summed E-state index contributed by atoms with van der Waals surface area (Å²) in [4.78, 5) is 14.2. The minimum Gasteiger partial charge on any atom is -0.386 e. The van der Waals surface area contributed by atoms with Crippen LogP contribution in [0.3, 0.4) is 0 Å². The van der Waals surface area contributed by atoms with Gasteiger partial charge < -0.3 is 5.32 Å². The lowest BCUT2D eigenvalue weighted by atomic mass is 9.93. The number of rotatable bonds is 6. The molecule has 1 atom stereocenters. The Morgan fingerprint density at radius 1 is 1.67 bits per heavy atom. The smallest absolute Gasteiger partial charge is 0.253 e. The summed E-state index contributed by atoms with van der Waals surface area (Å²) in [6.07, 6.45) is 4.40. The lowest BCUT2D eigenvalue weighted by Gasteiger charge is -2.18. The number of halogens is 1. The van der Waals surface area contributed by atoms with Gasteiger partial charge in [0.25, 0.3) is 6.20 Å². The third-order valence-electron chi connectivity index (χ3n) is 2.64. The van der Waals surface area contributed by atoms with Gasteiger partial charge in [-0.3, -0.25) is 10.1 Å². The zero-order chi connectivity index (χ0) is 13.5. The van der Waals surface area contributed by atoms with Gasteiger partial charge in [-0.1, -0.05) is 31.0 Å². The van der Waals surface area contributed by atoms with Crippen LogP contribution in [-0.4, -0.2) is 17.0 Å². The molecule has 0 bridgehead atoms.